The van der Waals surface area contributed by atoms with Crippen molar-refractivity contribution in [3.8, 4) is 29.0 Å². The maximum atomic E-state index is 9.33. The van der Waals surface area contributed by atoms with Crippen LogP contribution in [0.3, 0.4) is 0 Å². The summed E-state index contributed by atoms with van der Waals surface area (Å²) >= 11 is 0. The van der Waals surface area contributed by atoms with Crippen LogP contribution in [0, 0.1) is 17.2 Å². The Morgan fingerprint density at radius 2 is 2.14 bits per heavy atom. The minimum Gasteiger partial charge on any atom is -0.496 e. The number of aromatic nitrogens is 2. The fourth-order valence-corrected chi connectivity index (χ4v) is 2.54. The van der Waals surface area contributed by atoms with Gasteiger partial charge >= 0.3 is 0 Å². The van der Waals surface area contributed by atoms with Gasteiger partial charge in [-0.2, -0.15) is 10.2 Å². The molecule has 0 amide bonds. The van der Waals surface area contributed by atoms with Crippen LogP contribution in [0.4, 0.5) is 17.2 Å². The van der Waals surface area contributed by atoms with Crippen molar-refractivity contribution in [1.82, 2.24) is 9.97 Å². The third kappa shape index (κ3) is 4.15. The molecule has 0 atom stereocenters. The van der Waals surface area contributed by atoms with Crippen LogP contribution in [0.25, 0.3) is 11.3 Å². The number of anilines is 3. The number of nitrogens with zero attached hydrogens (tertiary/aromatic N) is 3. The predicted octanol–water partition coefficient (Wildman–Crippen LogP) is 3.98. The maximum Gasteiger partial charge on any atom is 0.235 e. The van der Waals surface area contributed by atoms with Gasteiger partial charge in [-0.15, -0.1) is 0 Å². The molecule has 2 heterocycles. The van der Waals surface area contributed by atoms with Crippen molar-refractivity contribution in [2.45, 2.75) is 13.8 Å². The number of ether oxygens (including phenoxy) is 2. The summed E-state index contributed by atoms with van der Waals surface area (Å²) in [6.07, 6.45) is 2.98. The molecule has 0 saturated carbocycles. The fraction of sp³-hybridized carbons (Fsp3) is 0.250. The van der Waals surface area contributed by atoms with Gasteiger partial charge < -0.3 is 24.9 Å². The molecule has 0 saturated heterocycles. The smallest absolute Gasteiger partial charge is 0.235 e. The highest BCUT2D eigenvalue weighted by atomic mass is 16.5. The molecule has 0 aliphatic carbocycles. The van der Waals surface area contributed by atoms with Crippen LogP contribution in [0.2, 0.25) is 0 Å². The number of methoxy groups -OCH3 is 1. The Balaban J connectivity index is 1.90. The third-order valence-electron chi connectivity index (χ3n) is 3.85. The lowest BCUT2D eigenvalue weighted by atomic mass is 10.1. The van der Waals surface area contributed by atoms with Crippen molar-refractivity contribution in [2.75, 3.05) is 24.8 Å². The molecule has 0 unspecified atom stereocenters. The van der Waals surface area contributed by atoms with Gasteiger partial charge in [0.05, 0.1) is 31.2 Å². The van der Waals surface area contributed by atoms with E-state index in [1.54, 1.807) is 19.4 Å². The molecule has 8 nitrogen and oxygen atoms in total. The van der Waals surface area contributed by atoms with Gasteiger partial charge in [-0.1, -0.05) is 13.8 Å². The average molecular weight is 379 g/mol. The highest BCUT2D eigenvalue weighted by Gasteiger charge is 2.14. The van der Waals surface area contributed by atoms with Crippen LogP contribution in [0.1, 0.15) is 19.4 Å². The Labute approximate surface area is 162 Å². The summed E-state index contributed by atoms with van der Waals surface area (Å²) in [7, 11) is 1.58. The van der Waals surface area contributed by atoms with Gasteiger partial charge in [-0.3, -0.25) is 0 Å². The van der Waals surface area contributed by atoms with Crippen LogP contribution in [-0.2, 0) is 0 Å². The number of benzene rings is 1. The average Bonchev–Trinajstić information content (AvgIpc) is 3.20. The number of nitriles is 1. The Morgan fingerprint density at radius 1 is 1.32 bits per heavy atom. The third-order valence-corrected chi connectivity index (χ3v) is 3.85. The first-order valence-electron chi connectivity index (χ1n) is 8.69. The number of hydrogen-bond acceptors (Lipinski definition) is 8. The molecular formula is C20H21N5O3. The molecular weight excluding hydrogens is 358 g/mol. The molecule has 0 radical (unpaired) electrons. The van der Waals surface area contributed by atoms with Gasteiger partial charge in [-0.05, 0) is 18.1 Å². The summed E-state index contributed by atoms with van der Waals surface area (Å²) in [6.45, 7) is 4.46. The molecule has 8 heteroatoms. The molecule has 28 heavy (non-hydrogen) atoms. The summed E-state index contributed by atoms with van der Waals surface area (Å²) in [5, 5.41) is 12.5. The lowest BCUT2D eigenvalue weighted by Crippen LogP contribution is -2.09. The summed E-state index contributed by atoms with van der Waals surface area (Å²) < 4.78 is 16.5. The van der Waals surface area contributed by atoms with Gasteiger partial charge in [0.2, 0.25) is 5.88 Å². The highest BCUT2D eigenvalue weighted by Crippen LogP contribution is 2.34. The second kappa shape index (κ2) is 8.31. The van der Waals surface area contributed by atoms with Crippen LogP contribution >= 0.6 is 0 Å². The van der Waals surface area contributed by atoms with E-state index in [0.29, 0.717) is 35.5 Å². The van der Waals surface area contributed by atoms with E-state index in [9.17, 15) is 5.26 Å². The molecule has 0 aliphatic heterocycles. The number of pyridine rings is 1. The van der Waals surface area contributed by atoms with E-state index in [1.165, 1.54) is 6.39 Å². The minimum atomic E-state index is 0.212. The maximum absolute atomic E-state index is 9.33. The summed E-state index contributed by atoms with van der Waals surface area (Å²) in [6, 6.07) is 9.15. The topological polar surface area (TPSA) is 119 Å². The van der Waals surface area contributed by atoms with E-state index in [1.807, 2.05) is 38.1 Å². The minimum absolute atomic E-state index is 0.212. The summed E-state index contributed by atoms with van der Waals surface area (Å²) in [5.74, 6) is 2.18. The number of oxazole rings is 1. The van der Waals surface area contributed by atoms with Crippen LogP contribution in [0.5, 0.6) is 11.6 Å². The zero-order chi connectivity index (χ0) is 20.1. The van der Waals surface area contributed by atoms with Crippen molar-refractivity contribution in [2.24, 2.45) is 5.92 Å². The molecule has 3 N–H and O–H groups in total. The summed E-state index contributed by atoms with van der Waals surface area (Å²) in [5.41, 5.74) is 8.04. The zero-order valence-corrected chi connectivity index (χ0v) is 15.9. The van der Waals surface area contributed by atoms with E-state index in [2.05, 4.69) is 15.3 Å². The monoisotopic (exact) mass is 379 g/mol. The zero-order valence-electron chi connectivity index (χ0n) is 15.9. The van der Waals surface area contributed by atoms with Crippen molar-refractivity contribution in [1.29, 1.82) is 5.26 Å². The normalized spacial score (nSPS) is 10.5. The van der Waals surface area contributed by atoms with E-state index in [-0.39, 0.29) is 11.4 Å². The molecule has 144 valence electrons. The quantitative estimate of drug-likeness (QED) is 0.633. The van der Waals surface area contributed by atoms with Crippen molar-refractivity contribution in [3.05, 3.63) is 42.4 Å². The van der Waals surface area contributed by atoms with E-state index < -0.39 is 0 Å². The number of hydrogen-bond donors (Lipinski definition) is 2. The number of nitrogen functional groups attached to an aromatic ring is 1. The molecule has 0 aliphatic rings. The van der Waals surface area contributed by atoms with Crippen LogP contribution in [0.15, 0.2) is 41.3 Å². The Morgan fingerprint density at radius 3 is 2.79 bits per heavy atom. The molecule has 1 aromatic carbocycles. The van der Waals surface area contributed by atoms with E-state index in [0.717, 1.165) is 11.3 Å². The van der Waals surface area contributed by atoms with Crippen molar-refractivity contribution >= 4 is 17.2 Å². The number of nitrogens with one attached hydrogen (secondary N) is 1. The number of rotatable bonds is 7. The highest BCUT2D eigenvalue weighted by molar-refractivity contribution is 5.73. The van der Waals surface area contributed by atoms with E-state index >= 15 is 0 Å². The second-order valence-corrected chi connectivity index (χ2v) is 6.50. The van der Waals surface area contributed by atoms with Crippen molar-refractivity contribution < 1.29 is 13.9 Å². The van der Waals surface area contributed by atoms with Gasteiger partial charge in [0.15, 0.2) is 12.2 Å². The molecule has 3 rings (SSSR count). The first kappa shape index (κ1) is 19.0. The van der Waals surface area contributed by atoms with Gasteiger partial charge in [0.25, 0.3) is 0 Å². The summed E-state index contributed by atoms with van der Waals surface area (Å²) in [4.78, 5) is 8.32. The SMILES string of the molecule is COc1cc(Nc2cc(N)c(C#N)c(OCC(C)C)n2)ccc1-c1cnco1. The largest absolute Gasteiger partial charge is 0.496 e. The van der Waals surface area contributed by atoms with Gasteiger partial charge in [0, 0.05) is 17.8 Å². The lowest BCUT2D eigenvalue weighted by molar-refractivity contribution is 0.261. The first-order chi connectivity index (χ1) is 13.5. The molecule has 0 bridgehead atoms. The van der Waals surface area contributed by atoms with Gasteiger partial charge in [-0.25, -0.2) is 4.98 Å². The Bertz CT molecular complexity index is 994. The molecule has 3 aromatic rings. The molecule has 0 fully saturated rings. The molecule has 2 aromatic heterocycles. The van der Waals surface area contributed by atoms with Crippen LogP contribution < -0.4 is 20.5 Å². The second-order valence-electron chi connectivity index (χ2n) is 6.50. The lowest BCUT2D eigenvalue weighted by Gasteiger charge is -2.14. The first-order valence-corrected chi connectivity index (χ1v) is 8.69. The van der Waals surface area contributed by atoms with E-state index in [4.69, 9.17) is 19.6 Å². The predicted molar refractivity (Wildman–Crippen MR) is 105 cm³/mol. The Kier molecular flexibility index (Phi) is 5.65. The standard InChI is InChI=1S/C20H21N5O3/c1-12(2)10-27-20-15(8-21)16(22)7-19(25-20)24-13-4-5-14(17(6-13)26-3)18-9-23-11-28-18/h4-7,9,11-12H,10H2,1-3H3,(H3,22,24,25). The fourth-order valence-electron chi connectivity index (χ4n) is 2.54. The Hall–Kier alpha value is -3.73. The van der Waals surface area contributed by atoms with Crippen LogP contribution in [-0.4, -0.2) is 23.7 Å². The van der Waals surface area contributed by atoms with Crippen molar-refractivity contribution in [3.63, 3.8) is 0 Å². The number of nitrogens with two attached hydrogens (primary N) is 1. The van der Waals surface area contributed by atoms with Gasteiger partial charge in [0.1, 0.15) is 23.2 Å². The molecule has 0 spiro atoms.